The summed E-state index contributed by atoms with van der Waals surface area (Å²) in [7, 11) is 0. The number of nitrogens with one attached hydrogen (secondary N) is 1. The van der Waals surface area contributed by atoms with E-state index in [0.29, 0.717) is 0 Å². The van der Waals surface area contributed by atoms with E-state index in [9.17, 15) is 4.79 Å². The Morgan fingerprint density at radius 2 is 1.85 bits per heavy atom. The molecule has 3 heteroatoms. The van der Waals surface area contributed by atoms with Gasteiger partial charge in [0.15, 0.2) is 0 Å². The van der Waals surface area contributed by atoms with Crippen molar-refractivity contribution < 1.29 is 4.79 Å². The van der Waals surface area contributed by atoms with E-state index in [4.69, 9.17) is 0 Å². The number of carbonyl (C=O) groups is 1. The van der Waals surface area contributed by atoms with Crippen molar-refractivity contribution in [3.05, 3.63) is 59.2 Å². The van der Waals surface area contributed by atoms with Crippen molar-refractivity contribution in [3.8, 4) is 0 Å². The van der Waals surface area contributed by atoms with Gasteiger partial charge in [-0.15, -0.1) is 0 Å². The molecule has 100 valence electrons. The van der Waals surface area contributed by atoms with Crippen molar-refractivity contribution >= 4 is 23.5 Å². The van der Waals surface area contributed by atoms with Crippen molar-refractivity contribution in [1.29, 1.82) is 0 Å². The molecule has 1 aliphatic rings. The second-order valence-electron chi connectivity index (χ2n) is 5.12. The van der Waals surface area contributed by atoms with Crippen LogP contribution in [0.2, 0.25) is 0 Å². The van der Waals surface area contributed by atoms with Gasteiger partial charge in [0.2, 0.25) is 5.91 Å². The van der Waals surface area contributed by atoms with Crippen LogP contribution in [0.1, 0.15) is 22.6 Å². The number of hydrogen-bond acceptors (Lipinski definition) is 2. The predicted molar refractivity (Wildman–Crippen MR) is 81.9 cm³/mol. The normalized spacial score (nSPS) is 17.3. The predicted octanol–water partition coefficient (Wildman–Crippen LogP) is 3.74. The minimum absolute atomic E-state index is 0.00911. The average molecular weight is 264 g/mol. The van der Waals surface area contributed by atoms with Crippen LogP contribution in [0.3, 0.4) is 0 Å². The van der Waals surface area contributed by atoms with Crippen LogP contribution < -0.4 is 5.32 Å². The van der Waals surface area contributed by atoms with Gasteiger partial charge in [0, 0.05) is 11.9 Å². The first kappa shape index (κ1) is 12.6. The van der Waals surface area contributed by atoms with E-state index in [-0.39, 0.29) is 11.8 Å². The zero-order chi connectivity index (χ0) is 14.1. The number of aryl methyl sites for hydroxylation is 2. The summed E-state index contributed by atoms with van der Waals surface area (Å²) in [6.07, 6.45) is 1.73. The summed E-state index contributed by atoms with van der Waals surface area (Å²) in [5.41, 5.74) is 5.11. The molecule has 2 aromatic carbocycles. The summed E-state index contributed by atoms with van der Waals surface area (Å²) in [5, 5.41) is 2.90. The molecule has 0 bridgehead atoms. The first-order valence-corrected chi connectivity index (χ1v) is 6.66. The first-order valence-electron chi connectivity index (χ1n) is 6.66. The molecule has 0 aromatic heterocycles. The number of nitrogens with zero attached hydrogens (tertiary/aromatic N) is 1. The lowest BCUT2D eigenvalue weighted by molar-refractivity contribution is -0.115. The minimum Gasteiger partial charge on any atom is -0.325 e. The maximum absolute atomic E-state index is 12.1. The van der Waals surface area contributed by atoms with Gasteiger partial charge >= 0.3 is 0 Å². The Morgan fingerprint density at radius 1 is 1.10 bits per heavy atom. The Morgan fingerprint density at radius 3 is 2.60 bits per heavy atom. The summed E-state index contributed by atoms with van der Waals surface area (Å²) < 4.78 is 0. The van der Waals surface area contributed by atoms with Gasteiger partial charge in [-0.05, 0) is 43.2 Å². The SMILES string of the molecule is Cc1ccc(N=CC2C(=O)Nc3cccc(C)c32)cc1. The largest absolute Gasteiger partial charge is 0.325 e. The van der Waals surface area contributed by atoms with Gasteiger partial charge < -0.3 is 5.32 Å². The van der Waals surface area contributed by atoms with E-state index < -0.39 is 0 Å². The van der Waals surface area contributed by atoms with E-state index in [2.05, 4.69) is 10.3 Å². The molecule has 3 nitrogen and oxygen atoms in total. The van der Waals surface area contributed by atoms with Crippen molar-refractivity contribution in [3.63, 3.8) is 0 Å². The number of anilines is 1. The molecule has 1 aliphatic heterocycles. The third kappa shape index (κ3) is 2.23. The molecule has 0 spiro atoms. The number of benzene rings is 2. The first-order chi connectivity index (χ1) is 9.65. The molecule has 0 saturated carbocycles. The highest BCUT2D eigenvalue weighted by atomic mass is 16.2. The van der Waals surface area contributed by atoms with E-state index in [1.807, 2.05) is 56.3 Å². The van der Waals surface area contributed by atoms with Crippen molar-refractivity contribution in [1.82, 2.24) is 0 Å². The van der Waals surface area contributed by atoms with Crippen molar-refractivity contribution in [2.75, 3.05) is 5.32 Å². The van der Waals surface area contributed by atoms with Crippen molar-refractivity contribution in [2.45, 2.75) is 19.8 Å². The standard InChI is InChI=1S/C17H16N2O/c1-11-6-8-13(9-7-11)18-10-14-16-12(2)4-3-5-15(16)19-17(14)20/h3-10,14H,1-2H3,(H,19,20). The molecule has 0 aliphatic carbocycles. The number of carbonyl (C=O) groups excluding carboxylic acids is 1. The summed E-state index contributed by atoms with van der Waals surface area (Å²) >= 11 is 0. The monoisotopic (exact) mass is 264 g/mol. The highest BCUT2D eigenvalue weighted by Crippen LogP contribution is 2.34. The van der Waals surface area contributed by atoms with Crippen LogP contribution in [0, 0.1) is 13.8 Å². The smallest absolute Gasteiger partial charge is 0.237 e. The molecule has 1 atom stereocenters. The summed E-state index contributed by atoms with van der Waals surface area (Å²) in [6, 6.07) is 13.8. The lowest BCUT2D eigenvalue weighted by Gasteiger charge is -2.05. The Hall–Kier alpha value is -2.42. The van der Waals surface area contributed by atoms with Gasteiger partial charge in [-0.25, -0.2) is 0 Å². The van der Waals surface area contributed by atoms with Gasteiger partial charge in [0.25, 0.3) is 0 Å². The van der Waals surface area contributed by atoms with E-state index in [0.717, 1.165) is 22.5 Å². The Labute approximate surface area is 118 Å². The number of aliphatic imine (C=N–C) groups is 1. The number of rotatable bonds is 2. The van der Waals surface area contributed by atoms with Crippen LogP contribution >= 0.6 is 0 Å². The van der Waals surface area contributed by atoms with E-state index >= 15 is 0 Å². The van der Waals surface area contributed by atoms with Crippen LogP contribution in [0.25, 0.3) is 0 Å². The summed E-state index contributed by atoms with van der Waals surface area (Å²) in [5.74, 6) is -0.308. The van der Waals surface area contributed by atoms with Gasteiger partial charge in [0.1, 0.15) is 5.92 Å². The van der Waals surface area contributed by atoms with E-state index in [1.54, 1.807) is 6.21 Å². The maximum Gasteiger partial charge on any atom is 0.237 e. The molecule has 0 radical (unpaired) electrons. The van der Waals surface area contributed by atoms with Crippen LogP contribution in [-0.2, 0) is 4.79 Å². The topological polar surface area (TPSA) is 41.5 Å². The molecule has 0 saturated heterocycles. The van der Waals surface area contributed by atoms with Crippen LogP contribution in [0.15, 0.2) is 47.5 Å². The second-order valence-corrected chi connectivity index (χ2v) is 5.12. The molecule has 2 aromatic rings. The molecule has 3 rings (SSSR count). The quantitative estimate of drug-likeness (QED) is 0.825. The fourth-order valence-corrected chi connectivity index (χ4v) is 2.48. The molecule has 1 N–H and O–H groups in total. The Balaban J connectivity index is 1.92. The van der Waals surface area contributed by atoms with Crippen LogP contribution in [-0.4, -0.2) is 12.1 Å². The number of fused-ring (bicyclic) bond motifs is 1. The maximum atomic E-state index is 12.1. The van der Waals surface area contributed by atoms with Crippen molar-refractivity contribution in [2.24, 2.45) is 4.99 Å². The second kappa shape index (κ2) is 4.93. The zero-order valence-corrected chi connectivity index (χ0v) is 11.6. The highest BCUT2D eigenvalue weighted by Gasteiger charge is 2.30. The van der Waals surface area contributed by atoms with Gasteiger partial charge in [-0.3, -0.25) is 9.79 Å². The molecule has 20 heavy (non-hydrogen) atoms. The molecule has 1 amide bonds. The Kier molecular flexibility index (Phi) is 3.11. The Bertz CT molecular complexity index is 687. The fourth-order valence-electron chi connectivity index (χ4n) is 2.48. The van der Waals surface area contributed by atoms with Crippen LogP contribution in [0.5, 0.6) is 0 Å². The van der Waals surface area contributed by atoms with Gasteiger partial charge in [-0.1, -0.05) is 29.8 Å². The van der Waals surface area contributed by atoms with Gasteiger partial charge in [-0.2, -0.15) is 0 Å². The molecular weight excluding hydrogens is 248 g/mol. The lowest BCUT2D eigenvalue weighted by atomic mass is 9.97. The summed E-state index contributed by atoms with van der Waals surface area (Å²) in [6.45, 7) is 4.06. The molecule has 1 heterocycles. The highest BCUT2D eigenvalue weighted by molar-refractivity contribution is 6.13. The molecule has 0 fully saturated rings. The fraction of sp³-hybridized carbons (Fsp3) is 0.176. The van der Waals surface area contributed by atoms with E-state index in [1.165, 1.54) is 5.56 Å². The average Bonchev–Trinajstić information content (AvgIpc) is 2.75. The third-order valence-corrected chi connectivity index (χ3v) is 3.58. The van der Waals surface area contributed by atoms with Gasteiger partial charge in [0.05, 0.1) is 5.69 Å². The zero-order valence-electron chi connectivity index (χ0n) is 11.6. The molecule has 1 unspecified atom stereocenters. The minimum atomic E-state index is -0.299. The third-order valence-electron chi connectivity index (χ3n) is 3.58. The summed E-state index contributed by atoms with van der Waals surface area (Å²) in [4.78, 5) is 16.5. The number of hydrogen-bond donors (Lipinski definition) is 1. The lowest BCUT2D eigenvalue weighted by Crippen LogP contribution is -2.13. The molecular formula is C17H16N2O. The number of amides is 1. The van der Waals surface area contributed by atoms with Crippen LogP contribution in [0.4, 0.5) is 11.4 Å².